The third-order valence-corrected chi connectivity index (χ3v) is 9.27. The summed E-state index contributed by atoms with van der Waals surface area (Å²) < 4.78 is 0. The molecule has 2 saturated carbocycles. The van der Waals surface area contributed by atoms with Crippen LogP contribution in [0.1, 0.15) is 140 Å². The first kappa shape index (κ1) is 27.1. The van der Waals surface area contributed by atoms with E-state index in [0.717, 1.165) is 46.3 Å². The second-order valence-corrected chi connectivity index (χ2v) is 12.1. The molecule has 6 heteroatoms. The molecule has 2 fully saturated rings. The zero-order chi connectivity index (χ0) is 26.2. The zero-order valence-corrected chi connectivity index (χ0v) is 23.7. The van der Waals surface area contributed by atoms with Gasteiger partial charge in [0.25, 0.3) is 0 Å². The van der Waals surface area contributed by atoms with Crippen molar-refractivity contribution in [2.45, 2.75) is 128 Å². The fraction of sp³-hybridized carbons (Fsp3) is 0.688. The number of H-pyrrole nitrogens is 2. The monoisotopic (exact) mass is 516 g/mol. The van der Waals surface area contributed by atoms with E-state index in [1.165, 1.54) is 103 Å². The molecule has 2 aliphatic carbocycles. The van der Waals surface area contributed by atoms with Crippen LogP contribution in [0.15, 0.2) is 24.3 Å². The number of aromatic amines is 2. The molecule has 0 saturated heterocycles. The molecule has 0 aliphatic heterocycles. The van der Waals surface area contributed by atoms with Crippen LogP contribution in [-0.2, 0) is 0 Å². The molecule has 6 nitrogen and oxygen atoms in total. The molecule has 0 amide bonds. The summed E-state index contributed by atoms with van der Waals surface area (Å²) in [7, 11) is 0. The Bertz CT molecular complexity index is 1020. The minimum Gasteiger partial charge on any atom is -0.259 e. The van der Waals surface area contributed by atoms with Gasteiger partial charge in [-0.25, -0.2) is 9.97 Å². The molecular formula is C32H48N6. The van der Waals surface area contributed by atoms with E-state index in [0.29, 0.717) is 11.8 Å². The molecule has 3 aromatic rings. The largest absolute Gasteiger partial charge is 0.259 e. The Balaban J connectivity index is 1.17. The first-order chi connectivity index (χ1) is 18.7. The summed E-state index contributed by atoms with van der Waals surface area (Å²) in [4.78, 5) is 9.88. The van der Waals surface area contributed by atoms with E-state index in [1.54, 1.807) is 0 Å². The van der Waals surface area contributed by atoms with E-state index >= 15 is 0 Å². The van der Waals surface area contributed by atoms with E-state index < -0.39 is 0 Å². The molecule has 38 heavy (non-hydrogen) atoms. The van der Waals surface area contributed by atoms with Gasteiger partial charge in [0.2, 0.25) is 0 Å². The van der Waals surface area contributed by atoms with Crippen LogP contribution in [0.5, 0.6) is 0 Å². The molecule has 2 N–H and O–H groups in total. The van der Waals surface area contributed by atoms with Crippen LogP contribution in [0.25, 0.3) is 22.8 Å². The third kappa shape index (κ3) is 6.92. The number of benzene rings is 1. The maximum atomic E-state index is 4.94. The Kier molecular flexibility index (Phi) is 9.64. The highest BCUT2D eigenvalue weighted by atomic mass is 15.2. The number of nitrogens with zero attached hydrogens (tertiary/aromatic N) is 4. The fourth-order valence-corrected chi connectivity index (χ4v) is 6.77. The summed E-state index contributed by atoms with van der Waals surface area (Å²) in [5.74, 6) is 6.48. The molecule has 2 heterocycles. The van der Waals surface area contributed by atoms with Gasteiger partial charge in [-0.15, -0.1) is 0 Å². The van der Waals surface area contributed by atoms with Gasteiger partial charge < -0.3 is 0 Å². The van der Waals surface area contributed by atoms with Gasteiger partial charge in [-0.1, -0.05) is 83.4 Å². The van der Waals surface area contributed by atoms with Gasteiger partial charge in [-0.05, 0) is 69.3 Å². The Labute approximate surface area is 229 Å². The van der Waals surface area contributed by atoms with Gasteiger partial charge in [0, 0.05) is 23.0 Å². The highest BCUT2D eigenvalue weighted by molar-refractivity contribution is 5.65. The lowest BCUT2D eigenvalue weighted by molar-refractivity contribution is 0.297. The normalized spacial score (nSPS) is 24.1. The summed E-state index contributed by atoms with van der Waals surface area (Å²) in [5.41, 5.74) is 2.11. The van der Waals surface area contributed by atoms with Crippen LogP contribution in [0.3, 0.4) is 0 Å². The maximum Gasteiger partial charge on any atom is 0.155 e. The average Bonchev–Trinajstić information content (AvgIpc) is 3.65. The first-order valence-corrected chi connectivity index (χ1v) is 15.7. The molecule has 2 aliphatic rings. The van der Waals surface area contributed by atoms with E-state index in [2.05, 4.69) is 58.5 Å². The second-order valence-electron chi connectivity index (χ2n) is 12.1. The van der Waals surface area contributed by atoms with Crippen LogP contribution in [0, 0.1) is 11.8 Å². The topological polar surface area (TPSA) is 83.1 Å². The van der Waals surface area contributed by atoms with E-state index in [9.17, 15) is 0 Å². The SMILES string of the molecule is CCCCCC1CCC(c2n[nH]c(-c3cccc(-c4nc(C5CCC(CCCCC)CC5)n[nH]4)c3)n2)CC1. The molecule has 0 bridgehead atoms. The first-order valence-electron chi connectivity index (χ1n) is 15.7. The highest BCUT2D eigenvalue weighted by Gasteiger charge is 2.26. The molecule has 0 atom stereocenters. The van der Waals surface area contributed by atoms with E-state index in [1.807, 2.05) is 0 Å². The molecule has 1 aromatic carbocycles. The van der Waals surface area contributed by atoms with Crippen molar-refractivity contribution in [1.82, 2.24) is 30.4 Å². The third-order valence-electron chi connectivity index (χ3n) is 9.27. The van der Waals surface area contributed by atoms with Crippen LogP contribution < -0.4 is 0 Å². The standard InChI is InChI=1S/C32H48N6/c1-3-5-7-10-23-14-18-25(19-15-23)29-33-31(37-35-29)27-12-9-13-28(22-27)32-34-30(36-38-32)26-20-16-24(17-21-26)11-8-6-4-2/h9,12-13,22-26H,3-8,10-11,14-21H2,1-2H3,(H,33,35,37)(H,34,36,38). The number of unbranched alkanes of at least 4 members (excludes halogenated alkanes) is 4. The van der Waals surface area contributed by atoms with Crippen LogP contribution in [0.4, 0.5) is 0 Å². The minimum absolute atomic E-state index is 0.490. The summed E-state index contributed by atoms with van der Waals surface area (Å²) in [6.07, 6.45) is 21.1. The smallest absolute Gasteiger partial charge is 0.155 e. The van der Waals surface area contributed by atoms with E-state index in [4.69, 9.17) is 9.97 Å². The molecular weight excluding hydrogens is 468 g/mol. The fourth-order valence-electron chi connectivity index (χ4n) is 6.77. The van der Waals surface area contributed by atoms with Gasteiger partial charge in [0.1, 0.15) is 0 Å². The van der Waals surface area contributed by atoms with Crippen molar-refractivity contribution < 1.29 is 0 Å². The Morgan fingerprint density at radius 1 is 0.632 bits per heavy atom. The summed E-state index contributed by atoms with van der Waals surface area (Å²) in [6, 6.07) is 8.45. The van der Waals surface area contributed by atoms with Crippen LogP contribution >= 0.6 is 0 Å². The Morgan fingerprint density at radius 3 is 1.50 bits per heavy atom. The van der Waals surface area contributed by atoms with Crippen molar-refractivity contribution in [3.63, 3.8) is 0 Å². The molecule has 5 rings (SSSR count). The van der Waals surface area contributed by atoms with Crippen molar-refractivity contribution in [3.05, 3.63) is 35.9 Å². The number of hydrogen-bond donors (Lipinski definition) is 2. The van der Waals surface area contributed by atoms with Gasteiger partial charge >= 0.3 is 0 Å². The molecule has 0 spiro atoms. The van der Waals surface area contributed by atoms with Crippen LogP contribution in [0.2, 0.25) is 0 Å². The second kappa shape index (κ2) is 13.5. The maximum absolute atomic E-state index is 4.94. The van der Waals surface area contributed by atoms with Gasteiger partial charge in [-0.2, -0.15) is 10.2 Å². The number of nitrogens with one attached hydrogen (secondary N) is 2. The number of aromatic nitrogens is 6. The number of rotatable bonds is 12. The van der Waals surface area contributed by atoms with Crippen molar-refractivity contribution in [2.75, 3.05) is 0 Å². The zero-order valence-electron chi connectivity index (χ0n) is 23.7. The summed E-state index contributed by atoms with van der Waals surface area (Å²) in [5, 5.41) is 15.7. The lowest BCUT2D eigenvalue weighted by Crippen LogP contribution is -2.14. The highest BCUT2D eigenvalue weighted by Crippen LogP contribution is 2.38. The molecule has 0 radical (unpaired) electrons. The molecule has 206 valence electrons. The minimum atomic E-state index is 0.490. The number of hydrogen-bond acceptors (Lipinski definition) is 4. The quantitative estimate of drug-likeness (QED) is 0.235. The van der Waals surface area contributed by atoms with Crippen molar-refractivity contribution in [2.24, 2.45) is 11.8 Å². The van der Waals surface area contributed by atoms with Gasteiger partial charge in [0.05, 0.1) is 0 Å². The lowest BCUT2D eigenvalue weighted by Gasteiger charge is -2.26. The Morgan fingerprint density at radius 2 is 1.08 bits per heavy atom. The predicted octanol–water partition coefficient (Wildman–Crippen LogP) is 8.97. The van der Waals surface area contributed by atoms with Crippen molar-refractivity contribution in [3.8, 4) is 22.8 Å². The van der Waals surface area contributed by atoms with E-state index in [-0.39, 0.29) is 0 Å². The average molecular weight is 517 g/mol. The van der Waals surface area contributed by atoms with Crippen LogP contribution in [-0.4, -0.2) is 30.4 Å². The van der Waals surface area contributed by atoms with Gasteiger partial charge in [0.15, 0.2) is 23.3 Å². The molecule has 2 aromatic heterocycles. The lowest BCUT2D eigenvalue weighted by atomic mass is 9.79. The summed E-state index contributed by atoms with van der Waals surface area (Å²) >= 11 is 0. The van der Waals surface area contributed by atoms with Gasteiger partial charge in [-0.3, -0.25) is 10.2 Å². The van der Waals surface area contributed by atoms with Crippen molar-refractivity contribution in [1.29, 1.82) is 0 Å². The van der Waals surface area contributed by atoms with Crippen molar-refractivity contribution >= 4 is 0 Å². The summed E-state index contributed by atoms with van der Waals surface area (Å²) in [6.45, 7) is 4.58. The predicted molar refractivity (Wildman–Crippen MR) is 155 cm³/mol. The Hall–Kier alpha value is -2.50. The molecule has 0 unspecified atom stereocenters.